The Balaban J connectivity index is 2.06. The molecular weight excluding hydrogens is 258 g/mol. The van der Waals surface area contributed by atoms with E-state index in [0.29, 0.717) is 11.5 Å². The summed E-state index contributed by atoms with van der Waals surface area (Å²) in [5.74, 6) is 2.14. The lowest BCUT2D eigenvalue weighted by molar-refractivity contribution is 0.356. The molecule has 0 saturated carbocycles. The number of rotatable bonds is 4. The fraction of sp³-hybridized carbons (Fsp3) is 0.308. The minimum absolute atomic E-state index is 0.0260. The van der Waals surface area contributed by atoms with Gasteiger partial charge in [0.2, 0.25) is 0 Å². The fourth-order valence-electron chi connectivity index (χ4n) is 2.10. The minimum atomic E-state index is -0.0260. The number of H-pyrrole nitrogens is 1. The summed E-state index contributed by atoms with van der Waals surface area (Å²) in [7, 11) is 3.22. The van der Waals surface area contributed by atoms with Crippen LogP contribution in [-0.2, 0) is 0 Å². The highest BCUT2D eigenvalue weighted by atomic mass is 16.5. The van der Waals surface area contributed by atoms with Gasteiger partial charge in [-0.25, -0.2) is 14.6 Å². The predicted octanol–water partition coefficient (Wildman–Crippen LogP) is 1.78. The molecule has 1 atom stereocenters. The van der Waals surface area contributed by atoms with Crippen molar-refractivity contribution in [2.24, 2.45) is 0 Å². The average molecular weight is 273 g/mol. The first-order valence-corrected chi connectivity index (χ1v) is 6.18. The minimum Gasteiger partial charge on any atom is -0.493 e. The van der Waals surface area contributed by atoms with Crippen molar-refractivity contribution in [2.45, 2.75) is 13.0 Å². The van der Waals surface area contributed by atoms with Crippen LogP contribution in [0, 0.1) is 0 Å². The van der Waals surface area contributed by atoms with Gasteiger partial charge in [-0.2, -0.15) is 5.10 Å². The maximum absolute atomic E-state index is 5.29. The molecule has 0 radical (unpaired) electrons. The third-order valence-corrected chi connectivity index (χ3v) is 3.23. The number of hydrogen-bond acceptors (Lipinski definition) is 5. The Labute approximate surface area is 115 Å². The second-order valence-corrected chi connectivity index (χ2v) is 4.40. The first-order chi connectivity index (χ1) is 9.72. The molecule has 7 nitrogen and oxygen atoms in total. The molecule has 0 fully saturated rings. The standard InChI is InChI=1S/C13H15N5O2/c1-8(18-7-14-6-15-18)13-16-9-4-11(19-2)12(20-3)5-10(9)17-13/h4-8H,1-3H3,(H,16,17). The van der Waals surface area contributed by atoms with E-state index < -0.39 is 0 Å². The Hall–Kier alpha value is -2.57. The van der Waals surface area contributed by atoms with Crippen LogP contribution in [0.1, 0.15) is 18.8 Å². The number of methoxy groups -OCH3 is 2. The average Bonchev–Trinajstić information content (AvgIpc) is 3.13. The van der Waals surface area contributed by atoms with Crippen molar-refractivity contribution in [3.8, 4) is 11.5 Å². The van der Waals surface area contributed by atoms with E-state index in [1.165, 1.54) is 6.33 Å². The van der Waals surface area contributed by atoms with Crippen molar-refractivity contribution in [2.75, 3.05) is 14.2 Å². The van der Waals surface area contributed by atoms with Crippen molar-refractivity contribution in [3.63, 3.8) is 0 Å². The van der Waals surface area contributed by atoms with Gasteiger partial charge in [0.15, 0.2) is 11.5 Å². The zero-order chi connectivity index (χ0) is 14.1. The van der Waals surface area contributed by atoms with Crippen LogP contribution in [0.4, 0.5) is 0 Å². The highest BCUT2D eigenvalue weighted by molar-refractivity contribution is 5.79. The summed E-state index contributed by atoms with van der Waals surface area (Å²) >= 11 is 0. The summed E-state index contributed by atoms with van der Waals surface area (Å²) in [6.45, 7) is 2.00. The van der Waals surface area contributed by atoms with Crippen LogP contribution in [0.15, 0.2) is 24.8 Å². The summed E-state index contributed by atoms with van der Waals surface area (Å²) < 4.78 is 12.3. The van der Waals surface area contributed by atoms with Crippen LogP contribution in [-0.4, -0.2) is 39.0 Å². The van der Waals surface area contributed by atoms with Gasteiger partial charge in [0, 0.05) is 12.1 Å². The Morgan fingerprint density at radius 3 is 2.60 bits per heavy atom. The smallest absolute Gasteiger partial charge is 0.163 e. The second kappa shape index (κ2) is 4.84. The van der Waals surface area contributed by atoms with Crippen molar-refractivity contribution < 1.29 is 9.47 Å². The summed E-state index contributed by atoms with van der Waals surface area (Å²) in [5.41, 5.74) is 1.72. The molecule has 0 aliphatic heterocycles. The maximum atomic E-state index is 5.29. The highest BCUT2D eigenvalue weighted by Gasteiger charge is 2.15. The van der Waals surface area contributed by atoms with E-state index in [1.807, 2.05) is 19.1 Å². The van der Waals surface area contributed by atoms with Gasteiger partial charge in [0.05, 0.1) is 25.3 Å². The number of aromatic nitrogens is 5. The lowest BCUT2D eigenvalue weighted by Crippen LogP contribution is -2.08. The normalized spacial score (nSPS) is 12.6. The van der Waals surface area contributed by atoms with E-state index in [0.717, 1.165) is 16.9 Å². The van der Waals surface area contributed by atoms with Crippen molar-refractivity contribution >= 4 is 11.0 Å². The zero-order valence-electron chi connectivity index (χ0n) is 11.5. The molecule has 0 aliphatic rings. The van der Waals surface area contributed by atoms with Crippen LogP contribution in [0.5, 0.6) is 11.5 Å². The third-order valence-electron chi connectivity index (χ3n) is 3.23. The molecule has 0 amide bonds. The zero-order valence-corrected chi connectivity index (χ0v) is 11.5. The van der Waals surface area contributed by atoms with Crippen molar-refractivity contribution in [3.05, 3.63) is 30.6 Å². The molecule has 1 unspecified atom stereocenters. The maximum Gasteiger partial charge on any atom is 0.163 e. The number of benzene rings is 1. The number of imidazole rings is 1. The molecule has 1 N–H and O–H groups in total. The Bertz CT molecular complexity index is 679. The van der Waals surface area contributed by atoms with Gasteiger partial charge in [-0.3, -0.25) is 0 Å². The largest absolute Gasteiger partial charge is 0.493 e. The molecule has 0 bridgehead atoms. The Kier molecular flexibility index (Phi) is 3.02. The summed E-state index contributed by atoms with van der Waals surface area (Å²) in [6, 6.07) is 3.70. The topological polar surface area (TPSA) is 77.9 Å². The monoisotopic (exact) mass is 273 g/mol. The van der Waals surface area contributed by atoms with Gasteiger partial charge in [0.25, 0.3) is 0 Å². The molecule has 20 heavy (non-hydrogen) atoms. The molecule has 2 aromatic heterocycles. The SMILES string of the molecule is COc1cc2nc(C(C)n3cncn3)[nH]c2cc1OC. The van der Waals surface area contributed by atoms with E-state index in [2.05, 4.69) is 20.1 Å². The van der Waals surface area contributed by atoms with E-state index in [9.17, 15) is 0 Å². The van der Waals surface area contributed by atoms with Crippen LogP contribution in [0.2, 0.25) is 0 Å². The molecular formula is C13H15N5O2. The molecule has 3 aromatic rings. The number of nitrogens with zero attached hydrogens (tertiary/aromatic N) is 4. The van der Waals surface area contributed by atoms with Gasteiger partial charge in [-0.05, 0) is 6.92 Å². The lowest BCUT2D eigenvalue weighted by Gasteiger charge is -2.07. The quantitative estimate of drug-likeness (QED) is 0.784. The number of fused-ring (bicyclic) bond motifs is 1. The summed E-state index contributed by atoms with van der Waals surface area (Å²) in [5, 5.41) is 4.13. The van der Waals surface area contributed by atoms with Crippen LogP contribution in [0.25, 0.3) is 11.0 Å². The fourth-order valence-corrected chi connectivity index (χ4v) is 2.10. The third kappa shape index (κ3) is 1.97. The molecule has 104 valence electrons. The summed E-state index contributed by atoms with van der Waals surface area (Å²) in [6.07, 6.45) is 3.17. The van der Waals surface area contributed by atoms with E-state index >= 15 is 0 Å². The molecule has 3 rings (SSSR count). The molecule has 1 aromatic carbocycles. The Morgan fingerprint density at radius 1 is 1.20 bits per heavy atom. The van der Waals surface area contributed by atoms with Gasteiger partial charge in [-0.1, -0.05) is 0 Å². The van der Waals surface area contributed by atoms with E-state index in [1.54, 1.807) is 25.2 Å². The van der Waals surface area contributed by atoms with E-state index in [4.69, 9.17) is 9.47 Å². The predicted molar refractivity (Wildman–Crippen MR) is 73.0 cm³/mol. The first kappa shape index (κ1) is 12.5. The highest BCUT2D eigenvalue weighted by Crippen LogP contribution is 2.31. The van der Waals surface area contributed by atoms with E-state index in [-0.39, 0.29) is 6.04 Å². The van der Waals surface area contributed by atoms with Crippen molar-refractivity contribution in [1.82, 2.24) is 24.7 Å². The number of nitrogens with one attached hydrogen (secondary N) is 1. The molecule has 0 saturated heterocycles. The number of hydrogen-bond donors (Lipinski definition) is 1. The molecule has 7 heteroatoms. The van der Waals surface area contributed by atoms with Crippen LogP contribution in [0.3, 0.4) is 0 Å². The number of aromatic amines is 1. The molecule has 0 aliphatic carbocycles. The second-order valence-electron chi connectivity index (χ2n) is 4.40. The van der Waals surface area contributed by atoms with Gasteiger partial charge >= 0.3 is 0 Å². The molecule has 0 spiro atoms. The van der Waals surface area contributed by atoms with Gasteiger partial charge in [-0.15, -0.1) is 0 Å². The van der Waals surface area contributed by atoms with Crippen molar-refractivity contribution in [1.29, 1.82) is 0 Å². The van der Waals surface area contributed by atoms with Crippen LogP contribution >= 0.6 is 0 Å². The summed E-state index contributed by atoms with van der Waals surface area (Å²) in [4.78, 5) is 11.8. The van der Waals surface area contributed by atoms with Gasteiger partial charge in [0.1, 0.15) is 24.5 Å². The number of ether oxygens (including phenoxy) is 2. The van der Waals surface area contributed by atoms with Crippen LogP contribution < -0.4 is 9.47 Å². The lowest BCUT2D eigenvalue weighted by atomic mass is 10.3. The van der Waals surface area contributed by atoms with Gasteiger partial charge < -0.3 is 14.5 Å². The molecule has 2 heterocycles. The first-order valence-electron chi connectivity index (χ1n) is 6.18. The Morgan fingerprint density at radius 2 is 1.95 bits per heavy atom.